The van der Waals surface area contributed by atoms with Crippen molar-refractivity contribution in [2.24, 2.45) is 7.05 Å². The zero-order valence-electron chi connectivity index (χ0n) is 10.2. The van der Waals surface area contributed by atoms with Crippen molar-refractivity contribution in [3.8, 4) is 0 Å². The normalized spacial score (nSPS) is 11.4. The van der Waals surface area contributed by atoms with Gasteiger partial charge in [-0.2, -0.15) is 0 Å². The van der Waals surface area contributed by atoms with Crippen LogP contribution in [-0.2, 0) is 7.05 Å². The molecule has 0 atom stereocenters. The highest BCUT2D eigenvalue weighted by atomic mass is 32.1. The van der Waals surface area contributed by atoms with E-state index in [4.69, 9.17) is 0 Å². The maximum absolute atomic E-state index is 2.21. The first-order valence-corrected chi connectivity index (χ1v) is 6.80. The summed E-state index contributed by atoms with van der Waals surface area (Å²) in [4.78, 5) is 0. The predicted octanol–water partition coefficient (Wildman–Crippen LogP) is 3.90. The average Bonchev–Trinajstić information content (AvgIpc) is 2.82. The van der Waals surface area contributed by atoms with Crippen LogP contribution >= 0.6 is 11.3 Å². The zero-order valence-corrected chi connectivity index (χ0v) is 11.0. The summed E-state index contributed by atoms with van der Waals surface area (Å²) in [6.07, 6.45) is 8.47. The quantitative estimate of drug-likeness (QED) is 0.609. The molecule has 0 aliphatic heterocycles. The van der Waals surface area contributed by atoms with Crippen LogP contribution in [0.5, 0.6) is 0 Å². The van der Waals surface area contributed by atoms with Crippen LogP contribution in [0.15, 0.2) is 54.2 Å². The van der Waals surface area contributed by atoms with Crippen molar-refractivity contribution >= 4 is 33.6 Å². The van der Waals surface area contributed by atoms with E-state index in [-0.39, 0.29) is 0 Å². The summed E-state index contributed by atoms with van der Waals surface area (Å²) in [6, 6.07) is 12.8. The standard InChI is InChI=1S/C16H14NS/c1-17-10-8-13(9-11-17)6-7-14-12-18-16-5-3-2-4-15(14)16/h2-12H,1H3/q+1/b7-6-. The van der Waals surface area contributed by atoms with Crippen molar-refractivity contribution in [1.29, 1.82) is 0 Å². The molecule has 0 N–H and O–H groups in total. The van der Waals surface area contributed by atoms with Gasteiger partial charge in [-0.1, -0.05) is 30.4 Å². The summed E-state index contributed by atoms with van der Waals surface area (Å²) in [7, 11) is 2.03. The number of hydrogen-bond acceptors (Lipinski definition) is 1. The molecule has 2 heteroatoms. The SMILES string of the molecule is C[n+]1ccc(/C=C\c2csc3ccccc23)cc1. The lowest BCUT2D eigenvalue weighted by Crippen LogP contribution is -2.25. The second-order valence-corrected chi connectivity index (χ2v) is 5.23. The fourth-order valence-corrected chi connectivity index (χ4v) is 2.87. The van der Waals surface area contributed by atoms with E-state index in [1.165, 1.54) is 21.2 Å². The number of thiophene rings is 1. The van der Waals surface area contributed by atoms with Crippen LogP contribution in [0.2, 0.25) is 0 Å². The van der Waals surface area contributed by atoms with Crippen molar-refractivity contribution in [2.75, 3.05) is 0 Å². The number of fused-ring (bicyclic) bond motifs is 1. The lowest BCUT2D eigenvalue weighted by Gasteiger charge is -1.92. The molecule has 0 spiro atoms. The van der Waals surface area contributed by atoms with Crippen LogP contribution in [0.25, 0.3) is 22.2 Å². The maximum atomic E-state index is 2.21. The highest BCUT2D eigenvalue weighted by Gasteiger charge is 1.99. The Bertz CT molecular complexity index is 692. The molecule has 3 rings (SSSR count). The summed E-state index contributed by atoms with van der Waals surface area (Å²) in [5, 5.41) is 3.55. The number of pyridine rings is 1. The van der Waals surface area contributed by atoms with Crippen molar-refractivity contribution in [2.45, 2.75) is 0 Å². The molecule has 1 aromatic carbocycles. The second kappa shape index (κ2) is 4.75. The third-order valence-corrected chi connectivity index (χ3v) is 3.95. The Kier molecular flexibility index (Phi) is 2.95. The topological polar surface area (TPSA) is 3.88 Å². The molecule has 0 aliphatic carbocycles. The van der Waals surface area contributed by atoms with E-state index in [0.29, 0.717) is 0 Å². The molecule has 0 saturated heterocycles. The van der Waals surface area contributed by atoms with Crippen molar-refractivity contribution in [1.82, 2.24) is 0 Å². The van der Waals surface area contributed by atoms with E-state index in [1.807, 2.05) is 11.6 Å². The Morgan fingerprint density at radius 1 is 1.00 bits per heavy atom. The van der Waals surface area contributed by atoms with Gasteiger partial charge in [-0.3, -0.25) is 0 Å². The largest absolute Gasteiger partial charge is 0.208 e. The van der Waals surface area contributed by atoms with Crippen molar-refractivity contribution < 1.29 is 4.57 Å². The smallest absolute Gasteiger partial charge is 0.169 e. The van der Waals surface area contributed by atoms with E-state index in [9.17, 15) is 0 Å². The summed E-state index contributed by atoms with van der Waals surface area (Å²) < 4.78 is 3.38. The Morgan fingerprint density at radius 2 is 1.78 bits per heavy atom. The van der Waals surface area contributed by atoms with Gasteiger partial charge < -0.3 is 0 Å². The minimum Gasteiger partial charge on any atom is -0.208 e. The number of hydrogen-bond donors (Lipinski definition) is 0. The van der Waals surface area contributed by atoms with Gasteiger partial charge in [0, 0.05) is 16.8 Å². The highest BCUT2D eigenvalue weighted by molar-refractivity contribution is 7.17. The number of aromatic nitrogens is 1. The van der Waals surface area contributed by atoms with Gasteiger partial charge in [0.25, 0.3) is 0 Å². The number of benzene rings is 1. The molecule has 3 aromatic rings. The Hall–Kier alpha value is -1.93. The molecule has 2 heterocycles. The second-order valence-electron chi connectivity index (χ2n) is 4.32. The molecule has 1 nitrogen and oxygen atoms in total. The van der Waals surface area contributed by atoms with E-state index >= 15 is 0 Å². The third kappa shape index (κ3) is 2.20. The van der Waals surface area contributed by atoms with Crippen LogP contribution in [0.1, 0.15) is 11.1 Å². The molecular weight excluding hydrogens is 238 g/mol. The zero-order chi connectivity index (χ0) is 12.4. The lowest BCUT2D eigenvalue weighted by atomic mass is 10.1. The average molecular weight is 252 g/mol. The van der Waals surface area contributed by atoms with Crippen LogP contribution in [0, 0.1) is 0 Å². The van der Waals surface area contributed by atoms with E-state index in [0.717, 1.165) is 0 Å². The van der Waals surface area contributed by atoms with Gasteiger partial charge in [0.1, 0.15) is 7.05 Å². The van der Waals surface area contributed by atoms with Gasteiger partial charge in [-0.05, 0) is 28.0 Å². The van der Waals surface area contributed by atoms with Gasteiger partial charge in [-0.25, -0.2) is 4.57 Å². The fraction of sp³-hybridized carbons (Fsp3) is 0.0625. The molecule has 0 amide bonds. The Labute approximate surface area is 111 Å². The maximum Gasteiger partial charge on any atom is 0.169 e. The van der Waals surface area contributed by atoms with E-state index in [1.54, 1.807) is 11.3 Å². The molecule has 0 radical (unpaired) electrons. The van der Waals surface area contributed by atoms with Gasteiger partial charge in [-0.15, -0.1) is 11.3 Å². The Morgan fingerprint density at radius 3 is 2.61 bits per heavy atom. The molecule has 0 aliphatic rings. The van der Waals surface area contributed by atoms with Crippen LogP contribution in [-0.4, -0.2) is 0 Å². The van der Waals surface area contributed by atoms with Crippen LogP contribution < -0.4 is 4.57 Å². The summed E-state index contributed by atoms with van der Waals surface area (Å²) in [5.41, 5.74) is 2.52. The van der Waals surface area contributed by atoms with Gasteiger partial charge in [0.2, 0.25) is 0 Å². The monoisotopic (exact) mass is 252 g/mol. The molecule has 0 fully saturated rings. The number of rotatable bonds is 2. The molecule has 2 aromatic heterocycles. The minimum atomic E-state index is 1.23. The van der Waals surface area contributed by atoms with E-state index < -0.39 is 0 Å². The summed E-state index contributed by atoms with van der Waals surface area (Å²) in [6.45, 7) is 0. The molecular formula is C16H14NS+. The van der Waals surface area contributed by atoms with Crippen molar-refractivity contribution in [3.63, 3.8) is 0 Å². The first-order chi connectivity index (χ1) is 8.83. The number of nitrogens with zero attached hydrogens (tertiary/aromatic N) is 1. The van der Waals surface area contributed by atoms with Crippen LogP contribution in [0.3, 0.4) is 0 Å². The molecule has 0 bridgehead atoms. The summed E-state index contributed by atoms with van der Waals surface area (Å²) >= 11 is 1.80. The fourth-order valence-electron chi connectivity index (χ4n) is 1.94. The minimum absolute atomic E-state index is 1.23. The first kappa shape index (κ1) is 11.2. The van der Waals surface area contributed by atoms with Gasteiger partial charge in [0.05, 0.1) is 0 Å². The Balaban J connectivity index is 1.94. The van der Waals surface area contributed by atoms with Gasteiger partial charge in [0.15, 0.2) is 12.4 Å². The highest BCUT2D eigenvalue weighted by Crippen LogP contribution is 2.26. The van der Waals surface area contributed by atoms with E-state index in [2.05, 4.69) is 66.3 Å². The van der Waals surface area contributed by atoms with Gasteiger partial charge >= 0.3 is 0 Å². The lowest BCUT2D eigenvalue weighted by molar-refractivity contribution is -0.671. The molecule has 0 unspecified atom stereocenters. The molecule has 18 heavy (non-hydrogen) atoms. The summed E-state index contributed by atoms with van der Waals surface area (Å²) in [5.74, 6) is 0. The molecule has 88 valence electrons. The predicted molar refractivity (Wildman–Crippen MR) is 78.4 cm³/mol. The molecule has 0 saturated carbocycles. The number of aryl methyl sites for hydroxylation is 1. The van der Waals surface area contributed by atoms with Crippen molar-refractivity contribution in [3.05, 3.63) is 65.3 Å². The van der Waals surface area contributed by atoms with Crippen LogP contribution in [0.4, 0.5) is 0 Å². The third-order valence-electron chi connectivity index (χ3n) is 2.97. The first-order valence-electron chi connectivity index (χ1n) is 5.92.